The second-order valence-electron chi connectivity index (χ2n) is 4.40. The molecule has 1 heterocycles. The lowest BCUT2D eigenvalue weighted by atomic mass is 10.1. The molecule has 0 radical (unpaired) electrons. The van der Waals surface area contributed by atoms with E-state index in [-0.39, 0.29) is 5.91 Å². The van der Waals surface area contributed by atoms with E-state index < -0.39 is 0 Å². The number of ether oxygens (including phenoxy) is 2. The zero-order valence-corrected chi connectivity index (χ0v) is 13.6. The number of nitrogens with zero attached hydrogens (tertiary/aromatic N) is 1. The average molecular weight is 318 g/mol. The molecule has 0 aliphatic rings. The van der Waals surface area contributed by atoms with Gasteiger partial charge in [-0.1, -0.05) is 13.0 Å². The third kappa shape index (κ3) is 3.65. The van der Waals surface area contributed by atoms with Crippen LogP contribution in [0.2, 0.25) is 0 Å². The van der Waals surface area contributed by atoms with E-state index in [0.717, 1.165) is 11.3 Å². The molecule has 0 atom stereocenters. The van der Waals surface area contributed by atoms with Gasteiger partial charge >= 0.3 is 0 Å². The minimum absolute atomic E-state index is 0.207. The standard InChI is InChI=1S/C16H18N2O3S/c1-4-12(17-18-16(19)15-6-5-9-22-15)11-7-8-13(20-2)14(10-11)21-3/h5-10H,4H2,1-3H3,(H,18,19)/b17-12+. The summed E-state index contributed by atoms with van der Waals surface area (Å²) in [6, 6.07) is 9.15. The van der Waals surface area contributed by atoms with E-state index in [1.807, 2.05) is 36.6 Å². The fourth-order valence-electron chi connectivity index (χ4n) is 1.94. The van der Waals surface area contributed by atoms with Gasteiger partial charge in [-0.05, 0) is 36.1 Å². The number of thiophene rings is 1. The van der Waals surface area contributed by atoms with Crippen LogP contribution in [0.5, 0.6) is 11.5 Å². The van der Waals surface area contributed by atoms with Crippen LogP contribution in [-0.2, 0) is 0 Å². The number of hydrogen-bond donors (Lipinski definition) is 1. The smallest absolute Gasteiger partial charge is 0.281 e. The van der Waals surface area contributed by atoms with E-state index in [1.54, 1.807) is 20.3 Å². The molecular weight excluding hydrogens is 300 g/mol. The van der Waals surface area contributed by atoms with E-state index in [9.17, 15) is 4.79 Å². The Morgan fingerprint density at radius 3 is 2.59 bits per heavy atom. The Hall–Kier alpha value is -2.34. The molecule has 2 rings (SSSR count). The first-order valence-electron chi connectivity index (χ1n) is 6.82. The Balaban J connectivity index is 2.20. The highest BCUT2D eigenvalue weighted by Crippen LogP contribution is 2.28. The van der Waals surface area contributed by atoms with Crippen molar-refractivity contribution in [3.05, 3.63) is 46.2 Å². The number of hydrazone groups is 1. The summed E-state index contributed by atoms with van der Waals surface area (Å²) in [6.45, 7) is 1.98. The molecular formula is C16H18N2O3S. The van der Waals surface area contributed by atoms with Gasteiger partial charge in [-0.2, -0.15) is 5.10 Å². The maximum absolute atomic E-state index is 11.9. The number of nitrogens with one attached hydrogen (secondary N) is 1. The lowest BCUT2D eigenvalue weighted by Crippen LogP contribution is -2.19. The van der Waals surface area contributed by atoms with Crippen LogP contribution in [0.1, 0.15) is 28.6 Å². The molecule has 0 bridgehead atoms. The van der Waals surface area contributed by atoms with Crippen LogP contribution in [-0.4, -0.2) is 25.8 Å². The van der Waals surface area contributed by atoms with Crippen molar-refractivity contribution < 1.29 is 14.3 Å². The molecule has 0 aliphatic carbocycles. The highest BCUT2D eigenvalue weighted by Gasteiger charge is 2.10. The van der Waals surface area contributed by atoms with E-state index in [1.165, 1.54) is 11.3 Å². The van der Waals surface area contributed by atoms with Crippen molar-refractivity contribution in [3.63, 3.8) is 0 Å². The molecule has 1 N–H and O–H groups in total. The maximum atomic E-state index is 11.9. The number of hydrogen-bond acceptors (Lipinski definition) is 5. The van der Waals surface area contributed by atoms with Gasteiger partial charge in [-0.3, -0.25) is 4.79 Å². The number of rotatable bonds is 6. The van der Waals surface area contributed by atoms with E-state index in [2.05, 4.69) is 10.5 Å². The maximum Gasteiger partial charge on any atom is 0.281 e. The summed E-state index contributed by atoms with van der Waals surface area (Å²) in [5.41, 5.74) is 4.24. The Morgan fingerprint density at radius 2 is 2.00 bits per heavy atom. The molecule has 1 amide bonds. The van der Waals surface area contributed by atoms with Crippen LogP contribution in [0.4, 0.5) is 0 Å². The third-order valence-electron chi connectivity index (χ3n) is 3.09. The second kappa shape index (κ2) is 7.61. The molecule has 2 aromatic rings. The van der Waals surface area contributed by atoms with Crippen molar-refractivity contribution in [2.75, 3.05) is 14.2 Å². The van der Waals surface area contributed by atoms with Gasteiger partial charge in [0, 0.05) is 5.56 Å². The lowest BCUT2D eigenvalue weighted by Gasteiger charge is -2.10. The van der Waals surface area contributed by atoms with Crippen molar-refractivity contribution in [2.24, 2.45) is 5.10 Å². The first kappa shape index (κ1) is 16.0. The molecule has 22 heavy (non-hydrogen) atoms. The number of amides is 1. The van der Waals surface area contributed by atoms with Crippen LogP contribution in [0.15, 0.2) is 40.8 Å². The summed E-state index contributed by atoms with van der Waals surface area (Å²) in [5.74, 6) is 1.08. The molecule has 0 spiro atoms. The summed E-state index contributed by atoms with van der Waals surface area (Å²) >= 11 is 1.38. The topological polar surface area (TPSA) is 59.9 Å². The zero-order chi connectivity index (χ0) is 15.9. The third-order valence-corrected chi connectivity index (χ3v) is 3.96. The molecule has 6 heteroatoms. The SMILES string of the molecule is CC/C(=N\NC(=O)c1cccs1)c1ccc(OC)c(OC)c1. The summed E-state index contributed by atoms with van der Waals surface area (Å²) in [5, 5.41) is 6.08. The number of carbonyl (C=O) groups excluding carboxylic acids is 1. The lowest BCUT2D eigenvalue weighted by molar-refractivity contribution is 0.0959. The number of carbonyl (C=O) groups is 1. The van der Waals surface area contributed by atoms with Gasteiger partial charge in [0.1, 0.15) is 0 Å². The van der Waals surface area contributed by atoms with Gasteiger partial charge in [-0.15, -0.1) is 11.3 Å². The van der Waals surface area contributed by atoms with E-state index in [0.29, 0.717) is 22.8 Å². The van der Waals surface area contributed by atoms with Crippen molar-refractivity contribution in [2.45, 2.75) is 13.3 Å². The molecule has 1 aromatic heterocycles. The first-order valence-corrected chi connectivity index (χ1v) is 7.70. The monoisotopic (exact) mass is 318 g/mol. The quantitative estimate of drug-likeness (QED) is 0.656. The second-order valence-corrected chi connectivity index (χ2v) is 5.35. The van der Waals surface area contributed by atoms with Crippen LogP contribution in [0, 0.1) is 0 Å². The van der Waals surface area contributed by atoms with Crippen molar-refractivity contribution in [1.29, 1.82) is 0 Å². The van der Waals surface area contributed by atoms with Gasteiger partial charge < -0.3 is 9.47 Å². The Bertz CT molecular complexity index is 666. The van der Waals surface area contributed by atoms with Gasteiger partial charge in [0.05, 0.1) is 24.8 Å². The molecule has 0 aliphatic heterocycles. The first-order chi connectivity index (χ1) is 10.7. The predicted octanol–water partition coefficient (Wildman–Crippen LogP) is 3.31. The largest absolute Gasteiger partial charge is 0.493 e. The summed E-state index contributed by atoms with van der Waals surface area (Å²) < 4.78 is 10.5. The Morgan fingerprint density at radius 1 is 1.23 bits per heavy atom. The minimum Gasteiger partial charge on any atom is -0.493 e. The predicted molar refractivity (Wildman–Crippen MR) is 88.2 cm³/mol. The van der Waals surface area contributed by atoms with Crippen molar-refractivity contribution in [1.82, 2.24) is 5.43 Å². The minimum atomic E-state index is -0.207. The van der Waals surface area contributed by atoms with Crippen LogP contribution in [0.25, 0.3) is 0 Å². The van der Waals surface area contributed by atoms with Crippen molar-refractivity contribution >= 4 is 23.0 Å². The van der Waals surface area contributed by atoms with Crippen LogP contribution in [0.3, 0.4) is 0 Å². The van der Waals surface area contributed by atoms with E-state index in [4.69, 9.17) is 9.47 Å². The summed E-state index contributed by atoms with van der Waals surface area (Å²) in [6.07, 6.45) is 0.681. The van der Waals surface area contributed by atoms with Crippen LogP contribution < -0.4 is 14.9 Å². The average Bonchev–Trinajstić information content (AvgIpc) is 3.09. The number of methoxy groups -OCH3 is 2. The molecule has 1 aromatic carbocycles. The van der Waals surface area contributed by atoms with E-state index >= 15 is 0 Å². The van der Waals surface area contributed by atoms with Gasteiger partial charge in [-0.25, -0.2) is 5.43 Å². The Kier molecular flexibility index (Phi) is 5.55. The molecule has 0 saturated heterocycles. The molecule has 0 unspecified atom stereocenters. The molecule has 116 valence electrons. The van der Waals surface area contributed by atoms with Gasteiger partial charge in [0.15, 0.2) is 11.5 Å². The highest BCUT2D eigenvalue weighted by atomic mass is 32.1. The fraction of sp³-hybridized carbons (Fsp3) is 0.250. The van der Waals surface area contributed by atoms with Gasteiger partial charge in [0.25, 0.3) is 5.91 Å². The zero-order valence-electron chi connectivity index (χ0n) is 12.8. The van der Waals surface area contributed by atoms with Crippen molar-refractivity contribution in [3.8, 4) is 11.5 Å². The molecule has 0 fully saturated rings. The summed E-state index contributed by atoms with van der Waals surface area (Å²) in [7, 11) is 3.18. The summed E-state index contributed by atoms with van der Waals surface area (Å²) in [4.78, 5) is 12.6. The van der Waals surface area contributed by atoms with Crippen LogP contribution >= 0.6 is 11.3 Å². The number of benzene rings is 1. The fourth-order valence-corrected chi connectivity index (χ4v) is 2.56. The normalized spacial score (nSPS) is 11.1. The molecule has 0 saturated carbocycles. The Labute approximate surface area is 133 Å². The molecule has 5 nitrogen and oxygen atoms in total. The van der Waals surface area contributed by atoms with Gasteiger partial charge in [0.2, 0.25) is 0 Å². The highest BCUT2D eigenvalue weighted by molar-refractivity contribution is 7.12.